The topological polar surface area (TPSA) is 66.5 Å². The molecule has 3 rings (SSSR count). The molecule has 0 radical (unpaired) electrons. The lowest BCUT2D eigenvalue weighted by Gasteiger charge is -2.29. The van der Waals surface area contributed by atoms with Crippen LogP contribution in [0.4, 0.5) is 16.3 Å². The molecule has 1 aliphatic heterocycles. The largest absolute Gasteiger partial charge is 0.378 e. The Hall–Kier alpha value is -1.34. The van der Waals surface area contributed by atoms with Crippen LogP contribution in [0.3, 0.4) is 0 Å². The maximum atomic E-state index is 12.0. The highest BCUT2D eigenvalue weighted by Crippen LogP contribution is 2.44. The Labute approximate surface area is 138 Å². The van der Waals surface area contributed by atoms with Crippen molar-refractivity contribution in [1.29, 1.82) is 0 Å². The van der Waals surface area contributed by atoms with Crippen molar-refractivity contribution in [2.75, 3.05) is 36.5 Å². The summed E-state index contributed by atoms with van der Waals surface area (Å²) in [5.74, 6) is 0.556. The van der Waals surface area contributed by atoms with E-state index in [0.717, 1.165) is 42.9 Å². The molecule has 1 saturated carbocycles. The Morgan fingerprint density at radius 3 is 2.77 bits per heavy atom. The van der Waals surface area contributed by atoms with Gasteiger partial charge in [-0.05, 0) is 27.8 Å². The molecule has 1 aliphatic carbocycles. The van der Waals surface area contributed by atoms with E-state index in [1.165, 1.54) is 0 Å². The van der Waals surface area contributed by atoms with Crippen LogP contribution in [0, 0.1) is 5.41 Å². The summed E-state index contributed by atoms with van der Waals surface area (Å²) in [5, 5.41) is 5.79. The number of halogens is 1. The smallest absolute Gasteiger partial charge is 0.320 e. The number of nitrogens with zero attached hydrogens (tertiary/aromatic N) is 2. The second kappa shape index (κ2) is 6.04. The third kappa shape index (κ3) is 3.52. The fraction of sp³-hybridized carbons (Fsp3) is 0.600. The van der Waals surface area contributed by atoms with Crippen LogP contribution in [0.2, 0.25) is 0 Å². The van der Waals surface area contributed by atoms with Crippen molar-refractivity contribution in [3.05, 3.63) is 16.7 Å². The Bertz CT molecular complexity index is 573. The summed E-state index contributed by atoms with van der Waals surface area (Å²) in [7, 11) is 0. The van der Waals surface area contributed by atoms with Gasteiger partial charge in [-0.1, -0.05) is 13.8 Å². The zero-order chi connectivity index (χ0) is 15.7. The minimum Gasteiger partial charge on any atom is -0.378 e. The molecule has 2 N–H and O–H groups in total. The number of carbonyl (C=O) groups excluding carboxylic acids is 1. The molecule has 1 saturated heterocycles. The number of hydrogen-bond acceptors (Lipinski definition) is 4. The summed E-state index contributed by atoms with van der Waals surface area (Å²) in [6.45, 7) is 7.40. The molecule has 6 nitrogen and oxygen atoms in total. The van der Waals surface area contributed by atoms with Gasteiger partial charge in [-0.25, -0.2) is 9.78 Å². The van der Waals surface area contributed by atoms with Crippen LogP contribution >= 0.6 is 15.9 Å². The first-order valence-electron chi connectivity index (χ1n) is 7.51. The molecular formula is C15H21BrN4O2. The summed E-state index contributed by atoms with van der Waals surface area (Å²) in [6, 6.07) is 1.95. The van der Waals surface area contributed by atoms with Crippen LogP contribution in [0.1, 0.15) is 20.3 Å². The third-order valence-corrected chi connectivity index (χ3v) is 4.86. The number of anilines is 2. The Morgan fingerprint density at radius 1 is 1.45 bits per heavy atom. The van der Waals surface area contributed by atoms with Crippen molar-refractivity contribution >= 4 is 33.5 Å². The van der Waals surface area contributed by atoms with Crippen LogP contribution in [-0.2, 0) is 4.74 Å². The minimum absolute atomic E-state index is 0.196. The fourth-order valence-corrected chi connectivity index (χ4v) is 3.03. The molecular weight excluding hydrogens is 348 g/mol. The van der Waals surface area contributed by atoms with E-state index < -0.39 is 0 Å². The number of pyridine rings is 1. The van der Waals surface area contributed by atoms with Crippen molar-refractivity contribution in [2.24, 2.45) is 5.41 Å². The highest BCUT2D eigenvalue weighted by molar-refractivity contribution is 9.10. The number of carbonyl (C=O) groups is 1. The van der Waals surface area contributed by atoms with E-state index in [1.807, 2.05) is 6.07 Å². The first kappa shape index (κ1) is 15.6. The van der Waals surface area contributed by atoms with E-state index in [1.54, 1.807) is 6.20 Å². The van der Waals surface area contributed by atoms with Crippen LogP contribution in [0.5, 0.6) is 0 Å². The monoisotopic (exact) mass is 368 g/mol. The predicted molar refractivity (Wildman–Crippen MR) is 89.3 cm³/mol. The van der Waals surface area contributed by atoms with Gasteiger partial charge in [0.2, 0.25) is 0 Å². The average Bonchev–Trinajstić information content (AvgIpc) is 3.08. The maximum Gasteiger partial charge on any atom is 0.320 e. The summed E-state index contributed by atoms with van der Waals surface area (Å²) in [4.78, 5) is 18.5. The SMILES string of the molecule is CC1(C)C[C@@H]1NC(=O)Nc1cc(N2CCOCC2)c(Br)cn1. The quantitative estimate of drug-likeness (QED) is 0.860. The second-order valence-corrected chi connectivity index (χ2v) is 7.32. The Morgan fingerprint density at radius 2 is 2.14 bits per heavy atom. The lowest BCUT2D eigenvalue weighted by molar-refractivity contribution is 0.122. The van der Waals surface area contributed by atoms with Crippen LogP contribution in [0.15, 0.2) is 16.7 Å². The number of morpholine rings is 1. The molecule has 22 heavy (non-hydrogen) atoms. The number of ether oxygens (including phenoxy) is 1. The van der Waals surface area contributed by atoms with E-state index in [2.05, 4.69) is 50.3 Å². The van der Waals surface area contributed by atoms with Gasteiger partial charge in [0.15, 0.2) is 0 Å². The molecule has 1 atom stereocenters. The number of urea groups is 1. The maximum absolute atomic E-state index is 12.0. The van der Waals surface area contributed by atoms with E-state index in [-0.39, 0.29) is 17.5 Å². The normalized spacial score (nSPS) is 23.0. The van der Waals surface area contributed by atoms with Gasteiger partial charge in [0.05, 0.1) is 23.4 Å². The van der Waals surface area contributed by atoms with Crippen molar-refractivity contribution in [2.45, 2.75) is 26.3 Å². The van der Waals surface area contributed by atoms with E-state index in [9.17, 15) is 4.79 Å². The van der Waals surface area contributed by atoms with Gasteiger partial charge < -0.3 is 15.0 Å². The highest BCUT2D eigenvalue weighted by Gasteiger charge is 2.46. The zero-order valence-electron chi connectivity index (χ0n) is 12.9. The van der Waals surface area contributed by atoms with Gasteiger partial charge in [-0.15, -0.1) is 0 Å². The summed E-state index contributed by atoms with van der Waals surface area (Å²) >= 11 is 3.52. The first-order valence-corrected chi connectivity index (χ1v) is 8.31. The molecule has 1 aromatic heterocycles. The summed E-state index contributed by atoms with van der Waals surface area (Å²) in [6.07, 6.45) is 2.74. The molecule has 0 spiro atoms. The van der Waals surface area contributed by atoms with Gasteiger partial charge in [0, 0.05) is 31.4 Å². The van der Waals surface area contributed by atoms with Gasteiger partial charge in [-0.3, -0.25) is 5.32 Å². The standard InChI is InChI=1S/C15H21BrN4O2/c1-15(2)8-12(15)18-14(21)19-13-7-11(10(16)9-17-13)20-3-5-22-6-4-20/h7,9,12H,3-6,8H2,1-2H3,(H2,17,18,19,21)/t12-/m0/s1. The number of nitrogens with one attached hydrogen (secondary N) is 2. The number of amides is 2. The van der Waals surface area contributed by atoms with Gasteiger partial charge in [-0.2, -0.15) is 0 Å². The van der Waals surface area contributed by atoms with E-state index >= 15 is 0 Å². The van der Waals surface area contributed by atoms with Crippen molar-refractivity contribution in [3.63, 3.8) is 0 Å². The highest BCUT2D eigenvalue weighted by atomic mass is 79.9. The lowest BCUT2D eigenvalue weighted by Crippen LogP contribution is -2.36. The molecule has 2 heterocycles. The van der Waals surface area contributed by atoms with E-state index in [4.69, 9.17) is 4.74 Å². The molecule has 120 valence electrons. The van der Waals surface area contributed by atoms with Gasteiger partial charge in [0.1, 0.15) is 5.82 Å². The molecule has 1 aromatic rings. The number of hydrogen-bond donors (Lipinski definition) is 2. The average molecular weight is 369 g/mol. The third-order valence-electron chi connectivity index (χ3n) is 4.25. The Kier molecular flexibility index (Phi) is 4.27. The number of rotatable bonds is 3. The summed E-state index contributed by atoms with van der Waals surface area (Å²) in [5.41, 5.74) is 1.24. The van der Waals surface area contributed by atoms with Crippen molar-refractivity contribution in [1.82, 2.24) is 10.3 Å². The van der Waals surface area contributed by atoms with Crippen molar-refractivity contribution in [3.8, 4) is 0 Å². The molecule has 0 unspecified atom stereocenters. The summed E-state index contributed by atoms with van der Waals surface area (Å²) < 4.78 is 6.29. The molecule has 2 fully saturated rings. The first-order chi connectivity index (χ1) is 10.5. The van der Waals surface area contributed by atoms with Crippen LogP contribution < -0.4 is 15.5 Å². The van der Waals surface area contributed by atoms with E-state index in [0.29, 0.717) is 5.82 Å². The zero-order valence-corrected chi connectivity index (χ0v) is 14.4. The lowest BCUT2D eigenvalue weighted by atomic mass is 10.2. The molecule has 0 bridgehead atoms. The molecule has 7 heteroatoms. The number of aromatic nitrogens is 1. The van der Waals surface area contributed by atoms with Crippen LogP contribution in [0.25, 0.3) is 0 Å². The van der Waals surface area contributed by atoms with Crippen LogP contribution in [-0.4, -0.2) is 43.4 Å². The van der Waals surface area contributed by atoms with Gasteiger partial charge in [0.25, 0.3) is 0 Å². The van der Waals surface area contributed by atoms with Gasteiger partial charge >= 0.3 is 6.03 Å². The molecule has 2 aliphatic rings. The molecule has 0 aromatic carbocycles. The Balaban J connectivity index is 1.65. The molecule has 2 amide bonds. The predicted octanol–water partition coefficient (Wildman–Crippen LogP) is 2.60. The van der Waals surface area contributed by atoms with Crippen molar-refractivity contribution < 1.29 is 9.53 Å². The fourth-order valence-electron chi connectivity index (χ4n) is 2.57. The second-order valence-electron chi connectivity index (χ2n) is 6.46. The minimum atomic E-state index is -0.196.